The fourth-order valence-electron chi connectivity index (χ4n) is 2.72. The number of anilines is 2. The molecule has 1 heterocycles. The van der Waals surface area contributed by atoms with Crippen molar-refractivity contribution in [1.82, 2.24) is 0 Å². The lowest BCUT2D eigenvalue weighted by Gasteiger charge is -2.12. The second kappa shape index (κ2) is 8.15. The molecule has 3 rings (SSSR count). The second-order valence-corrected chi connectivity index (χ2v) is 5.90. The van der Waals surface area contributed by atoms with Crippen LogP contribution in [-0.2, 0) is 9.59 Å². The van der Waals surface area contributed by atoms with Crippen LogP contribution in [0.3, 0.4) is 0 Å². The molecule has 0 bridgehead atoms. The summed E-state index contributed by atoms with van der Waals surface area (Å²) in [5.41, 5.74) is 1.15. The van der Waals surface area contributed by atoms with Crippen LogP contribution < -0.4 is 10.6 Å². The van der Waals surface area contributed by atoms with Gasteiger partial charge in [0.2, 0.25) is 11.8 Å². The first-order valence-electron chi connectivity index (χ1n) is 8.29. The van der Waals surface area contributed by atoms with Crippen LogP contribution in [0, 0.1) is 5.92 Å². The average molecular weight is 336 g/mol. The molecule has 1 unspecified atom stereocenters. The van der Waals surface area contributed by atoms with Crippen molar-refractivity contribution in [2.24, 2.45) is 5.92 Å². The van der Waals surface area contributed by atoms with Gasteiger partial charge in [0.15, 0.2) is 0 Å². The normalized spacial score (nSPS) is 16.2. The van der Waals surface area contributed by atoms with Gasteiger partial charge in [-0.2, -0.15) is 0 Å². The van der Waals surface area contributed by atoms with Gasteiger partial charge < -0.3 is 15.1 Å². The standard InChI is InChI=1S/C20H20N2O3/c23-19(12-11-16-8-5-13-25-16)21-17-9-3-4-10-18(17)22-20(24)14-15-6-1-2-7-15/h1,3-6,8-13,15H,2,7,14H2,(H,21,23)(H,22,24)/b12-11+. The minimum absolute atomic E-state index is 0.0515. The maximum absolute atomic E-state index is 12.2. The predicted molar refractivity (Wildman–Crippen MR) is 97.9 cm³/mol. The van der Waals surface area contributed by atoms with E-state index in [2.05, 4.69) is 22.8 Å². The molecule has 1 aliphatic carbocycles. The third-order valence-corrected chi connectivity index (χ3v) is 3.96. The van der Waals surface area contributed by atoms with Gasteiger partial charge in [0.25, 0.3) is 0 Å². The molecule has 0 fully saturated rings. The van der Waals surface area contributed by atoms with Crippen LogP contribution in [0.5, 0.6) is 0 Å². The molecular formula is C20H20N2O3. The molecule has 5 heteroatoms. The second-order valence-electron chi connectivity index (χ2n) is 5.90. The Morgan fingerprint density at radius 2 is 1.92 bits per heavy atom. The maximum atomic E-state index is 12.2. The first-order chi connectivity index (χ1) is 12.2. The number of nitrogens with one attached hydrogen (secondary N) is 2. The summed E-state index contributed by atoms with van der Waals surface area (Å²) in [5, 5.41) is 5.66. The summed E-state index contributed by atoms with van der Waals surface area (Å²) in [5.74, 6) is 0.556. The van der Waals surface area contributed by atoms with Crippen LogP contribution in [0.15, 0.2) is 65.3 Å². The largest absolute Gasteiger partial charge is 0.465 e. The molecule has 1 atom stereocenters. The van der Waals surface area contributed by atoms with E-state index in [0.29, 0.717) is 29.5 Å². The molecule has 1 aromatic heterocycles. The number of rotatable bonds is 6. The zero-order valence-corrected chi connectivity index (χ0v) is 13.8. The van der Waals surface area contributed by atoms with Crippen molar-refractivity contribution in [2.45, 2.75) is 19.3 Å². The Balaban J connectivity index is 1.61. The van der Waals surface area contributed by atoms with E-state index >= 15 is 0 Å². The van der Waals surface area contributed by atoms with E-state index in [9.17, 15) is 9.59 Å². The number of benzene rings is 1. The monoisotopic (exact) mass is 336 g/mol. The van der Waals surface area contributed by atoms with Crippen molar-refractivity contribution >= 4 is 29.3 Å². The predicted octanol–water partition coefficient (Wildman–Crippen LogP) is 4.23. The van der Waals surface area contributed by atoms with Crippen molar-refractivity contribution < 1.29 is 14.0 Å². The summed E-state index contributed by atoms with van der Waals surface area (Å²) >= 11 is 0. The summed E-state index contributed by atoms with van der Waals surface area (Å²) < 4.78 is 5.14. The van der Waals surface area contributed by atoms with Crippen molar-refractivity contribution in [3.63, 3.8) is 0 Å². The third-order valence-electron chi connectivity index (χ3n) is 3.96. The molecule has 128 valence electrons. The Labute approximate surface area is 146 Å². The van der Waals surface area contributed by atoms with Gasteiger partial charge in [-0.3, -0.25) is 9.59 Å². The number of hydrogen-bond acceptors (Lipinski definition) is 3. The molecule has 1 aromatic carbocycles. The van der Waals surface area contributed by atoms with Gasteiger partial charge >= 0.3 is 0 Å². The fourth-order valence-corrected chi connectivity index (χ4v) is 2.72. The maximum Gasteiger partial charge on any atom is 0.248 e. The Morgan fingerprint density at radius 1 is 1.12 bits per heavy atom. The fraction of sp³-hybridized carbons (Fsp3) is 0.200. The highest BCUT2D eigenvalue weighted by atomic mass is 16.3. The van der Waals surface area contributed by atoms with Crippen LogP contribution in [0.4, 0.5) is 11.4 Å². The summed E-state index contributed by atoms with van der Waals surface area (Å²) in [7, 11) is 0. The van der Waals surface area contributed by atoms with Gasteiger partial charge in [-0.05, 0) is 49.1 Å². The Morgan fingerprint density at radius 3 is 2.60 bits per heavy atom. The van der Waals surface area contributed by atoms with Gasteiger partial charge in [0.05, 0.1) is 17.6 Å². The third kappa shape index (κ3) is 4.94. The smallest absolute Gasteiger partial charge is 0.248 e. The zero-order valence-electron chi connectivity index (χ0n) is 13.8. The van der Waals surface area contributed by atoms with Crippen LogP contribution in [0.25, 0.3) is 6.08 Å². The Hall–Kier alpha value is -3.08. The van der Waals surface area contributed by atoms with Gasteiger partial charge in [-0.1, -0.05) is 24.3 Å². The highest BCUT2D eigenvalue weighted by Crippen LogP contribution is 2.24. The molecule has 0 saturated carbocycles. The van der Waals surface area contributed by atoms with Crippen LogP contribution >= 0.6 is 0 Å². The van der Waals surface area contributed by atoms with Gasteiger partial charge in [0, 0.05) is 12.5 Å². The molecule has 0 radical (unpaired) electrons. The first-order valence-corrected chi connectivity index (χ1v) is 8.29. The summed E-state index contributed by atoms with van der Waals surface area (Å²) in [4.78, 5) is 24.3. The molecule has 1 aliphatic rings. The SMILES string of the molecule is O=C(/C=C/c1ccco1)Nc1ccccc1NC(=O)CC1C=CCC1. The van der Waals surface area contributed by atoms with E-state index in [4.69, 9.17) is 4.42 Å². The number of hydrogen-bond donors (Lipinski definition) is 2. The molecule has 5 nitrogen and oxygen atoms in total. The van der Waals surface area contributed by atoms with Gasteiger partial charge in [0.1, 0.15) is 5.76 Å². The van der Waals surface area contributed by atoms with Crippen molar-refractivity contribution in [3.05, 3.63) is 66.6 Å². The summed E-state index contributed by atoms with van der Waals surface area (Å²) in [6.45, 7) is 0. The van der Waals surface area contributed by atoms with Gasteiger partial charge in [-0.15, -0.1) is 0 Å². The summed E-state index contributed by atoms with van der Waals surface area (Å²) in [6.07, 6.45) is 11.2. The highest BCUT2D eigenvalue weighted by Gasteiger charge is 2.15. The van der Waals surface area contributed by atoms with E-state index in [1.54, 1.807) is 42.7 Å². The molecule has 0 aliphatic heterocycles. The zero-order chi connectivity index (χ0) is 17.5. The molecule has 25 heavy (non-hydrogen) atoms. The number of para-hydroxylation sites is 2. The first kappa shape index (κ1) is 16.8. The summed E-state index contributed by atoms with van der Waals surface area (Å²) in [6, 6.07) is 10.7. The van der Waals surface area contributed by atoms with E-state index < -0.39 is 0 Å². The molecular weight excluding hydrogens is 316 g/mol. The van der Waals surface area contributed by atoms with E-state index in [0.717, 1.165) is 12.8 Å². The van der Waals surface area contributed by atoms with E-state index in [1.807, 2.05) is 6.07 Å². The lowest BCUT2D eigenvalue weighted by atomic mass is 10.0. The number of carbonyl (C=O) groups is 2. The van der Waals surface area contributed by atoms with Crippen LogP contribution in [-0.4, -0.2) is 11.8 Å². The Kier molecular flexibility index (Phi) is 5.46. The average Bonchev–Trinajstić information content (AvgIpc) is 3.28. The number of furan rings is 1. The molecule has 0 saturated heterocycles. The highest BCUT2D eigenvalue weighted by molar-refractivity contribution is 6.05. The molecule has 2 aromatic rings. The Bertz CT molecular complexity index is 791. The van der Waals surface area contributed by atoms with Gasteiger partial charge in [-0.25, -0.2) is 0 Å². The van der Waals surface area contributed by atoms with E-state index in [-0.39, 0.29) is 11.8 Å². The number of carbonyl (C=O) groups excluding carboxylic acids is 2. The molecule has 2 amide bonds. The lowest BCUT2D eigenvalue weighted by Crippen LogP contribution is -2.17. The molecule has 0 spiro atoms. The van der Waals surface area contributed by atoms with Crippen molar-refractivity contribution in [1.29, 1.82) is 0 Å². The molecule has 2 N–H and O–H groups in total. The number of allylic oxidation sites excluding steroid dienone is 2. The van der Waals surface area contributed by atoms with Crippen molar-refractivity contribution in [2.75, 3.05) is 10.6 Å². The number of amides is 2. The van der Waals surface area contributed by atoms with E-state index in [1.165, 1.54) is 6.08 Å². The lowest BCUT2D eigenvalue weighted by molar-refractivity contribution is -0.117. The minimum Gasteiger partial charge on any atom is -0.465 e. The van der Waals surface area contributed by atoms with Crippen LogP contribution in [0.1, 0.15) is 25.0 Å². The minimum atomic E-state index is -0.295. The quantitative estimate of drug-likeness (QED) is 0.612. The topological polar surface area (TPSA) is 71.3 Å². The van der Waals surface area contributed by atoms with Crippen LogP contribution in [0.2, 0.25) is 0 Å². The van der Waals surface area contributed by atoms with Crippen molar-refractivity contribution in [3.8, 4) is 0 Å².